The lowest BCUT2D eigenvalue weighted by Crippen LogP contribution is -2.48. The molecule has 5 rings (SSSR count). The molecule has 168 valence electrons. The first-order chi connectivity index (χ1) is 15.5. The smallest absolute Gasteiger partial charge is 0.258 e. The van der Waals surface area contributed by atoms with Gasteiger partial charge in [0.25, 0.3) is 5.56 Å². The number of benzene rings is 1. The fraction of sp³-hybridized carbons (Fsp3) is 0.462. The zero-order valence-electron chi connectivity index (χ0n) is 18.7. The van der Waals surface area contributed by atoms with E-state index in [1.54, 1.807) is 19.0 Å². The van der Waals surface area contributed by atoms with E-state index in [1.807, 2.05) is 59.2 Å². The Labute approximate surface area is 188 Å². The van der Waals surface area contributed by atoms with Crippen molar-refractivity contribution in [2.45, 2.75) is 31.5 Å². The summed E-state index contributed by atoms with van der Waals surface area (Å²) in [6.45, 7) is 1.36. The van der Waals surface area contributed by atoms with Crippen molar-refractivity contribution in [2.75, 3.05) is 27.2 Å². The van der Waals surface area contributed by atoms with Crippen LogP contribution in [0.25, 0.3) is 12.2 Å². The molecule has 1 N–H and O–H groups in total. The Morgan fingerprint density at radius 3 is 2.53 bits per heavy atom. The predicted molar refractivity (Wildman–Crippen MR) is 125 cm³/mol. The van der Waals surface area contributed by atoms with Crippen LogP contribution in [0.4, 0.5) is 0 Å². The van der Waals surface area contributed by atoms with Gasteiger partial charge < -0.3 is 14.6 Å². The second-order valence-corrected chi connectivity index (χ2v) is 9.65. The summed E-state index contributed by atoms with van der Waals surface area (Å²) < 4.78 is 1.87. The number of hydrogen-bond acceptors (Lipinski definition) is 4. The van der Waals surface area contributed by atoms with Gasteiger partial charge in [0.05, 0.1) is 12.1 Å². The molecule has 3 heterocycles. The lowest BCUT2D eigenvalue weighted by molar-refractivity contribution is -0.135. The third-order valence-electron chi connectivity index (χ3n) is 7.33. The molecule has 32 heavy (non-hydrogen) atoms. The van der Waals surface area contributed by atoms with Crippen molar-refractivity contribution in [1.29, 1.82) is 0 Å². The number of aromatic nitrogens is 1. The second kappa shape index (κ2) is 8.34. The van der Waals surface area contributed by atoms with Crippen molar-refractivity contribution >= 4 is 18.1 Å². The van der Waals surface area contributed by atoms with Gasteiger partial charge in [-0.15, -0.1) is 0 Å². The number of likely N-dealkylation sites (N-methyl/N-ethyl adjacent to an activating group) is 1. The SMILES string of the molecule is CN(C)C(=O)[C@H]1[C@H](CO)[C@H]2Cn3c(ccc(/C=C/c4ccccc4)c3=O)[C@H]2N1CC1CC1. The van der Waals surface area contributed by atoms with E-state index in [0.717, 1.165) is 17.8 Å². The maximum Gasteiger partial charge on any atom is 0.258 e. The number of pyridine rings is 1. The fourth-order valence-electron chi connectivity index (χ4n) is 5.55. The van der Waals surface area contributed by atoms with E-state index in [-0.39, 0.29) is 42.0 Å². The number of fused-ring (bicyclic) bond motifs is 3. The minimum absolute atomic E-state index is 0.00139. The summed E-state index contributed by atoms with van der Waals surface area (Å²) in [6.07, 6.45) is 6.22. The first-order valence-electron chi connectivity index (χ1n) is 11.5. The molecular formula is C26H31N3O3. The average molecular weight is 434 g/mol. The molecule has 2 aliphatic heterocycles. The molecule has 2 aromatic rings. The number of likely N-dealkylation sites (tertiary alicyclic amines) is 1. The standard InChI is InChI=1S/C26H31N3O3/c1-27(2)26(32)24-21(16-30)20-15-28-22(23(20)29(24)14-18-8-9-18)13-12-19(25(28)31)11-10-17-6-4-3-5-7-17/h3-7,10-13,18,20-21,23-24,30H,8-9,14-16H2,1-2H3/b11-10+/t20-,21-,23+,24-/m1/s1. The number of carbonyl (C=O) groups excluding carboxylic acids is 1. The summed E-state index contributed by atoms with van der Waals surface area (Å²) in [5.74, 6) is 0.555. The first kappa shape index (κ1) is 21.2. The number of hydrogen-bond donors (Lipinski definition) is 1. The van der Waals surface area contributed by atoms with Crippen LogP contribution in [0.15, 0.2) is 47.3 Å². The Balaban J connectivity index is 1.51. The minimum Gasteiger partial charge on any atom is -0.396 e. The summed E-state index contributed by atoms with van der Waals surface area (Å²) in [7, 11) is 3.56. The second-order valence-electron chi connectivity index (χ2n) is 9.65. The molecule has 2 fully saturated rings. The average Bonchev–Trinajstić information content (AvgIpc) is 3.45. The van der Waals surface area contributed by atoms with E-state index in [4.69, 9.17) is 0 Å². The van der Waals surface area contributed by atoms with Crippen LogP contribution in [-0.4, -0.2) is 58.7 Å². The lowest BCUT2D eigenvalue weighted by Gasteiger charge is -2.32. The van der Waals surface area contributed by atoms with Crippen LogP contribution >= 0.6 is 0 Å². The number of aliphatic hydroxyl groups is 1. The maximum atomic E-state index is 13.3. The zero-order chi connectivity index (χ0) is 22.4. The highest BCUT2D eigenvalue weighted by atomic mass is 16.3. The zero-order valence-corrected chi connectivity index (χ0v) is 18.7. The quantitative estimate of drug-likeness (QED) is 0.760. The van der Waals surface area contributed by atoms with Gasteiger partial charge in [0.15, 0.2) is 0 Å². The number of rotatable bonds is 6. The van der Waals surface area contributed by atoms with Crippen LogP contribution < -0.4 is 5.56 Å². The van der Waals surface area contributed by atoms with E-state index in [2.05, 4.69) is 4.90 Å². The van der Waals surface area contributed by atoms with Crippen molar-refractivity contribution in [1.82, 2.24) is 14.4 Å². The van der Waals surface area contributed by atoms with Crippen molar-refractivity contribution in [3.05, 3.63) is 69.6 Å². The van der Waals surface area contributed by atoms with Crippen LogP contribution in [0, 0.1) is 17.8 Å². The van der Waals surface area contributed by atoms with Gasteiger partial charge in [-0.1, -0.05) is 36.4 Å². The Morgan fingerprint density at radius 1 is 1.12 bits per heavy atom. The Kier molecular flexibility index (Phi) is 5.51. The van der Waals surface area contributed by atoms with Crippen LogP contribution in [-0.2, 0) is 11.3 Å². The Hall–Kier alpha value is -2.70. The highest BCUT2D eigenvalue weighted by Crippen LogP contribution is 2.50. The van der Waals surface area contributed by atoms with Gasteiger partial charge >= 0.3 is 0 Å². The maximum absolute atomic E-state index is 13.3. The van der Waals surface area contributed by atoms with Crippen LogP contribution in [0.1, 0.15) is 35.7 Å². The number of nitrogens with zero attached hydrogens (tertiary/aromatic N) is 3. The first-order valence-corrected chi connectivity index (χ1v) is 11.5. The van der Waals surface area contributed by atoms with E-state index in [9.17, 15) is 14.7 Å². The van der Waals surface area contributed by atoms with E-state index in [1.165, 1.54) is 12.8 Å². The summed E-state index contributed by atoms with van der Waals surface area (Å²) in [5.41, 5.74) is 2.69. The van der Waals surface area contributed by atoms with Crippen molar-refractivity contribution in [3.63, 3.8) is 0 Å². The summed E-state index contributed by atoms with van der Waals surface area (Å²) in [6, 6.07) is 13.6. The van der Waals surface area contributed by atoms with Crippen molar-refractivity contribution in [3.8, 4) is 0 Å². The van der Waals surface area contributed by atoms with Gasteiger partial charge in [-0.2, -0.15) is 0 Å². The predicted octanol–water partition coefficient (Wildman–Crippen LogP) is 2.48. The normalized spacial score (nSPS) is 27.0. The van der Waals surface area contributed by atoms with Gasteiger partial charge in [0.2, 0.25) is 5.91 Å². The topological polar surface area (TPSA) is 65.8 Å². The minimum atomic E-state index is -0.327. The Bertz CT molecular complexity index is 1090. The lowest BCUT2D eigenvalue weighted by atomic mass is 9.88. The fourth-order valence-corrected chi connectivity index (χ4v) is 5.55. The van der Waals surface area contributed by atoms with E-state index in [0.29, 0.717) is 18.0 Å². The van der Waals surface area contributed by atoms with Crippen molar-refractivity contribution < 1.29 is 9.90 Å². The third kappa shape index (κ3) is 3.61. The summed E-state index contributed by atoms with van der Waals surface area (Å²) in [5, 5.41) is 10.3. The molecule has 1 aliphatic carbocycles. The molecular weight excluding hydrogens is 402 g/mol. The van der Waals surface area contributed by atoms with Crippen LogP contribution in [0.3, 0.4) is 0 Å². The van der Waals surface area contributed by atoms with Gasteiger partial charge in [-0.3, -0.25) is 14.5 Å². The number of aliphatic hydroxyl groups excluding tert-OH is 1. The van der Waals surface area contributed by atoms with Crippen LogP contribution in [0.5, 0.6) is 0 Å². The van der Waals surface area contributed by atoms with E-state index < -0.39 is 0 Å². The summed E-state index contributed by atoms with van der Waals surface area (Å²) >= 11 is 0. The number of amides is 1. The molecule has 4 atom stereocenters. The third-order valence-corrected chi connectivity index (χ3v) is 7.33. The summed E-state index contributed by atoms with van der Waals surface area (Å²) in [4.78, 5) is 30.4. The van der Waals surface area contributed by atoms with Crippen molar-refractivity contribution in [2.24, 2.45) is 17.8 Å². The molecule has 1 aromatic heterocycles. The molecule has 0 spiro atoms. The Morgan fingerprint density at radius 2 is 1.88 bits per heavy atom. The molecule has 1 saturated carbocycles. The highest BCUT2D eigenvalue weighted by Gasteiger charge is 2.56. The molecule has 1 aromatic carbocycles. The van der Waals surface area contributed by atoms with Gasteiger partial charge in [0, 0.05) is 56.9 Å². The molecule has 1 amide bonds. The van der Waals surface area contributed by atoms with Gasteiger partial charge in [0.1, 0.15) is 0 Å². The molecule has 0 radical (unpaired) electrons. The monoisotopic (exact) mass is 433 g/mol. The van der Waals surface area contributed by atoms with E-state index >= 15 is 0 Å². The molecule has 0 unspecified atom stereocenters. The highest BCUT2D eigenvalue weighted by molar-refractivity contribution is 5.82. The van der Waals surface area contributed by atoms with Gasteiger partial charge in [-0.05, 0) is 42.5 Å². The number of carbonyl (C=O) groups is 1. The largest absolute Gasteiger partial charge is 0.396 e. The molecule has 3 aliphatic rings. The molecule has 1 saturated heterocycles. The van der Waals surface area contributed by atoms with Gasteiger partial charge in [-0.25, -0.2) is 0 Å². The molecule has 6 heteroatoms. The van der Waals surface area contributed by atoms with Crippen LogP contribution in [0.2, 0.25) is 0 Å². The molecule has 0 bridgehead atoms. The molecule has 6 nitrogen and oxygen atoms in total.